The molecule has 0 N–H and O–H groups in total. The van der Waals surface area contributed by atoms with Gasteiger partial charge in [-0.2, -0.15) is 0 Å². The van der Waals surface area contributed by atoms with Crippen molar-refractivity contribution in [1.82, 2.24) is 29.1 Å². The second-order valence-electron chi connectivity index (χ2n) is 5.19. The summed E-state index contributed by atoms with van der Waals surface area (Å²) in [5.74, 6) is 1.49. The molecule has 0 amide bonds. The summed E-state index contributed by atoms with van der Waals surface area (Å²) in [4.78, 5) is 8.65. The number of fused-ring (bicyclic) bond motifs is 1. The zero-order chi connectivity index (χ0) is 16.5. The highest BCUT2D eigenvalue weighted by Gasteiger charge is 2.15. The zero-order valence-electron chi connectivity index (χ0n) is 12.8. The van der Waals surface area contributed by atoms with Crippen molar-refractivity contribution in [3.05, 3.63) is 60.4 Å². The van der Waals surface area contributed by atoms with Gasteiger partial charge in [-0.15, -0.1) is 10.2 Å². The number of imidazole rings is 1. The van der Waals surface area contributed by atoms with Crippen molar-refractivity contribution in [2.45, 2.75) is 10.9 Å². The zero-order valence-corrected chi connectivity index (χ0v) is 13.6. The minimum Gasteiger partial charge on any atom is -0.305 e. The van der Waals surface area contributed by atoms with Crippen LogP contribution in [0.2, 0.25) is 0 Å². The van der Waals surface area contributed by atoms with Gasteiger partial charge in [-0.3, -0.25) is 4.40 Å². The number of hydrogen-bond acceptors (Lipinski definition) is 5. The first kappa shape index (κ1) is 14.8. The monoisotopic (exact) mass is 340 g/mol. The van der Waals surface area contributed by atoms with Gasteiger partial charge in [0.15, 0.2) is 11.0 Å². The lowest BCUT2D eigenvalue weighted by Gasteiger charge is -2.04. The maximum absolute atomic E-state index is 13.9. The Morgan fingerprint density at radius 2 is 2.04 bits per heavy atom. The minimum atomic E-state index is -0.309. The molecule has 0 fully saturated rings. The van der Waals surface area contributed by atoms with E-state index in [0.717, 1.165) is 5.69 Å². The molecular weight excluding hydrogens is 327 g/mol. The average molecular weight is 340 g/mol. The highest BCUT2D eigenvalue weighted by molar-refractivity contribution is 7.98. The Morgan fingerprint density at radius 3 is 2.88 bits per heavy atom. The van der Waals surface area contributed by atoms with E-state index in [-0.39, 0.29) is 5.82 Å². The lowest BCUT2D eigenvalue weighted by Crippen LogP contribution is -1.96. The average Bonchev–Trinajstić information content (AvgIpc) is 3.17. The van der Waals surface area contributed by atoms with Crippen molar-refractivity contribution in [3.63, 3.8) is 0 Å². The van der Waals surface area contributed by atoms with Gasteiger partial charge in [0.2, 0.25) is 5.78 Å². The Balaban J connectivity index is 1.56. The fourth-order valence-corrected chi connectivity index (χ4v) is 3.20. The number of nitrogens with zero attached hydrogens (tertiary/aromatic N) is 6. The van der Waals surface area contributed by atoms with E-state index in [1.165, 1.54) is 17.8 Å². The third kappa shape index (κ3) is 2.65. The molecule has 8 heteroatoms. The summed E-state index contributed by atoms with van der Waals surface area (Å²) in [6, 6.07) is 8.41. The number of aromatic nitrogens is 6. The summed E-state index contributed by atoms with van der Waals surface area (Å²) in [7, 11) is 1.83. The summed E-state index contributed by atoms with van der Waals surface area (Å²) >= 11 is 1.50. The van der Waals surface area contributed by atoms with Crippen LogP contribution in [0.1, 0.15) is 5.69 Å². The molecule has 3 aromatic heterocycles. The smallest absolute Gasteiger partial charge is 0.233 e. The second-order valence-corrected chi connectivity index (χ2v) is 6.14. The maximum atomic E-state index is 13.9. The molecule has 0 atom stereocenters. The lowest BCUT2D eigenvalue weighted by molar-refractivity contribution is 0.628. The number of thioether (sulfide) groups is 1. The Kier molecular flexibility index (Phi) is 3.73. The van der Waals surface area contributed by atoms with E-state index in [1.807, 2.05) is 29.9 Å². The molecule has 0 aliphatic rings. The molecule has 0 unspecified atom stereocenters. The van der Waals surface area contributed by atoms with Crippen molar-refractivity contribution < 1.29 is 4.39 Å². The molecule has 120 valence electrons. The molecule has 0 aliphatic heterocycles. The fourth-order valence-electron chi connectivity index (χ4n) is 2.41. The van der Waals surface area contributed by atoms with Crippen LogP contribution in [0.4, 0.5) is 4.39 Å². The number of halogens is 1. The van der Waals surface area contributed by atoms with Gasteiger partial charge in [-0.1, -0.05) is 23.9 Å². The van der Waals surface area contributed by atoms with Crippen molar-refractivity contribution in [3.8, 4) is 11.4 Å². The van der Waals surface area contributed by atoms with Crippen LogP contribution >= 0.6 is 11.8 Å². The number of rotatable bonds is 4. The maximum Gasteiger partial charge on any atom is 0.233 e. The van der Waals surface area contributed by atoms with E-state index in [4.69, 9.17) is 0 Å². The highest BCUT2D eigenvalue weighted by Crippen LogP contribution is 2.26. The Labute approximate surface area is 141 Å². The normalized spacial score (nSPS) is 11.2. The predicted molar refractivity (Wildman–Crippen MR) is 88.9 cm³/mol. The fraction of sp³-hybridized carbons (Fsp3) is 0.125. The molecule has 0 spiro atoms. The highest BCUT2D eigenvalue weighted by atomic mass is 32.2. The van der Waals surface area contributed by atoms with E-state index in [9.17, 15) is 4.39 Å². The van der Waals surface area contributed by atoms with Crippen LogP contribution in [-0.2, 0) is 12.8 Å². The number of hydrogen-bond donors (Lipinski definition) is 0. The lowest BCUT2D eigenvalue weighted by atomic mass is 10.2. The predicted octanol–water partition coefficient (Wildman–Crippen LogP) is 2.96. The quantitative estimate of drug-likeness (QED) is 0.535. The van der Waals surface area contributed by atoms with E-state index in [0.29, 0.717) is 28.1 Å². The van der Waals surface area contributed by atoms with Gasteiger partial charge < -0.3 is 4.57 Å². The first-order valence-corrected chi connectivity index (χ1v) is 8.26. The van der Waals surface area contributed by atoms with Crippen molar-refractivity contribution >= 4 is 17.5 Å². The van der Waals surface area contributed by atoms with E-state index < -0.39 is 0 Å². The molecule has 6 nitrogen and oxygen atoms in total. The molecule has 3 heterocycles. The molecule has 4 rings (SSSR count). The first-order chi connectivity index (χ1) is 11.7. The van der Waals surface area contributed by atoms with Crippen LogP contribution in [0.3, 0.4) is 0 Å². The van der Waals surface area contributed by atoms with Crippen LogP contribution < -0.4 is 0 Å². The van der Waals surface area contributed by atoms with Gasteiger partial charge in [0.25, 0.3) is 0 Å². The molecule has 0 saturated carbocycles. The third-order valence-electron chi connectivity index (χ3n) is 3.58. The molecule has 0 saturated heterocycles. The van der Waals surface area contributed by atoms with Crippen molar-refractivity contribution in [2.75, 3.05) is 0 Å². The van der Waals surface area contributed by atoms with Gasteiger partial charge >= 0.3 is 0 Å². The number of benzene rings is 1. The van der Waals surface area contributed by atoms with E-state index >= 15 is 0 Å². The van der Waals surface area contributed by atoms with E-state index in [1.54, 1.807) is 29.0 Å². The molecule has 24 heavy (non-hydrogen) atoms. The second kappa shape index (κ2) is 6.04. The molecule has 1 aromatic carbocycles. The molecule has 0 radical (unpaired) electrons. The SMILES string of the molecule is Cn1c(SCc2cn3cccnc3n2)nnc1-c1ccccc1F. The van der Waals surface area contributed by atoms with Crippen molar-refractivity contribution in [1.29, 1.82) is 0 Å². The van der Waals surface area contributed by atoms with Crippen LogP contribution in [0, 0.1) is 5.82 Å². The molecule has 0 bridgehead atoms. The summed E-state index contributed by atoms with van der Waals surface area (Å²) in [6.07, 6.45) is 5.55. The third-order valence-corrected chi connectivity index (χ3v) is 4.64. The van der Waals surface area contributed by atoms with E-state index in [2.05, 4.69) is 20.2 Å². The Hall–Kier alpha value is -2.74. The van der Waals surface area contributed by atoms with Gasteiger partial charge in [0.1, 0.15) is 5.82 Å². The standard InChI is InChI=1S/C16H13FN6S/c1-22-14(12-5-2-3-6-13(12)17)20-21-16(22)24-10-11-9-23-8-4-7-18-15(23)19-11/h2-9H,10H2,1H3. The molecular formula is C16H13FN6S. The van der Waals surface area contributed by atoms with Crippen LogP contribution in [-0.4, -0.2) is 29.1 Å². The van der Waals surface area contributed by atoms with Gasteiger partial charge in [-0.05, 0) is 18.2 Å². The first-order valence-electron chi connectivity index (χ1n) is 7.28. The van der Waals surface area contributed by atoms with Crippen molar-refractivity contribution in [2.24, 2.45) is 7.05 Å². The van der Waals surface area contributed by atoms with Gasteiger partial charge in [0, 0.05) is 31.4 Å². The Bertz CT molecular complexity index is 976. The summed E-state index contributed by atoms with van der Waals surface area (Å²) < 4.78 is 17.6. The van der Waals surface area contributed by atoms with Crippen LogP contribution in [0.25, 0.3) is 17.2 Å². The Morgan fingerprint density at radius 1 is 1.17 bits per heavy atom. The summed E-state index contributed by atoms with van der Waals surface area (Å²) in [5.41, 5.74) is 1.34. The van der Waals surface area contributed by atoms with Gasteiger partial charge in [0.05, 0.1) is 11.3 Å². The van der Waals surface area contributed by atoms with Crippen LogP contribution in [0.15, 0.2) is 54.1 Å². The van der Waals surface area contributed by atoms with Gasteiger partial charge in [-0.25, -0.2) is 14.4 Å². The summed E-state index contributed by atoms with van der Waals surface area (Å²) in [5, 5.41) is 8.98. The topological polar surface area (TPSA) is 60.9 Å². The molecule has 0 aliphatic carbocycles. The minimum absolute atomic E-state index is 0.309. The summed E-state index contributed by atoms with van der Waals surface area (Å²) in [6.45, 7) is 0. The largest absolute Gasteiger partial charge is 0.305 e. The van der Waals surface area contributed by atoms with Crippen LogP contribution in [0.5, 0.6) is 0 Å². The molecule has 4 aromatic rings.